The van der Waals surface area contributed by atoms with Crippen LogP contribution in [0.15, 0.2) is 85.1 Å². The van der Waals surface area contributed by atoms with Crippen LogP contribution in [0, 0.1) is 0 Å². The molecule has 0 radical (unpaired) electrons. The summed E-state index contributed by atoms with van der Waals surface area (Å²) in [5, 5.41) is 38.5. The summed E-state index contributed by atoms with van der Waals surface area (Å²) in [6.45, 7) is 1.93. The van der Waals surface area contributed by atoms with Crippen LogP contribution in [0.2, 0.25) is 0 Å². The maximum absolute atomic E-state index is 12.6. The highest BCUT2D eigenvalue weighted by Crippen LogP contribution is 2.43. The van der Waals surface area contributed by atoms with E-state index in [9.17, 15) is 34.4 Å². The number of carbonyl (C=O) groups is 2. The lowest BCUT2D eigenvalue weighted by molar-refractivity contribution is -0.161. The molecule has 59 heavy (non-hydrogen) atoms. The summed E-state index contributed by atoms with van der Waals surface area (Å²) in [5.41, 5.74) is 0. The largest absolute Gasteiger partial charge is 0.472 e. The van der Waals surface area contributed by atoms with Gasteiger partial charge in [0, 0.05) is 12.8 Å². The van der Waals surface area contributed by atoms with E-state index in [0.717, 1.165) is 44.9 Å². The van der Waals surface area contributed by atoms with Crippen molar-refractivity contribution in [3.63, 3.8) is 0 Å². The van der Waals surface area contributed by atoms with Crippen LogP contribution >= 0.6 is 7.82 Å². The number of rotatable bonds is 39. The third-order valence-electron chi connectivity index (χ3n) is 8.73. The summed E-state index contributed by atoms with van der Waals surface area (Å²) in [6, 6.07) is 0. The van der Waals surface area contributed by atoms with Gasteiger partial charge in [-0.25, -0.2) is 4.57 Å². The summed E-state index contributed by atoms with van der Waals surface area (Å²) in [4.78, 5) is 35.0. The molecule has 338 valence electrons. The number of hydrogen-bond acceptors (Lipinski definition) is 11. The minimum Gasteiger partial charge on any atom is -0.462 e. The van der Waals surface area contributed by atoms with Crippen molar-refractivity contribution in [3.05, 3.63) is 85.1 Å². The summed E-state index contributed by atoms with van der Waals surface area (Å²) in [6.07, 6.45) is 40.6. The zero-order chi connectivity index (χ0) is 43.7. The third-order valence-corrected chi connectivity index (χ3v) is 9.68. The van der Waals surface area contributed by atoms with Gasteiger partial charge < -0.3 is 34.8 Å². The topological polar surface area (TPSA) is 189 Å². The number of aliphatic hydroxyl groups is 4. The summed E-state index contributed by atoms with van der Waals surface area (Å²) >= 11 is 0. The minimum absolute atomic E-state index is 0.0218. The molecule has 0 aromatic carbocycles. The van der Waals surface area contributed by atoms with Gasteiger partial charge in [-0.2, -0.15) is 0 Å². The van der Waals surface area contributed by atoms with Crippen LogP contribution in [-0.4, -0.2) is 88.1 Å². The standard InChI is InChI=1S/C46H77O12P/c1-3-5-7-8-9-10-11-12-13-14-15-16-17-18-22-25-29-35-46(52)58-44(40-57-59(53,54)56-38-43(50)37-47)39-55-45(51)36-30-34-42(49)33-28-24-21-19-20-23-27-32-41(48)31-26-6-4-2/h12-13,15-16,18,20-24,27-28,32-33,41-44,47-50H,3-11,14,17,19,25-26,29-31,34-40H2,1-2H3,(H,53,54)/b13-12-,16-15-,22-18-,23-20-,24-21-,32-27+,33-28+/t41-,42-,43-,44+/m0/s1. The van der Waals surface area contributed by atoms with Crippen molar-refractivity contribution in [2.75, 3.05) is 26.4 Å². The van der Waals surface area contributed by atoms with Crippen LogP contribution < -0.4 is 0 Å². The number of allylic oxidation sites excluding steroid dienone is 12. The summed E-state index contributed by atoms with van der Waals surface area (Å²) in [5.74, 6) is -1.22. The molecule has 0 bridgehead atoms. The fraction of sp³-hybridized carbons (Fsp3) is 0.652. The van der Waals surface area contributed by atoms with Gasteiger partial charge in [0.15, 0.2) is 6.10 Å². The number of hydrogen-bond donors (Lipinski definition) is 5. The van der Waals surface area contributed by atoms with Gasteiger partial charge in [-0.05, 0) is 64.2 Å². The third kappa shape index (κ3) is 40.3. The van der Waals surface area contributed by atoms with E-state index in [1.54, 1.807) is 18.2 Å². The van der Waals surface area contributed by atoms with E-state index in [1.165, 1.54) is 38.5 Å². The normalized spacial score (nSPS) is 15.7. The van der Waals surface area contributed by atoms with Gasteiger partial charge in [-0.15, -0.1) is 0 Å². The predicted molar refractivity (Wildman–Crippen MR) is 235 cm³/mol. The first-order chi connectivity index (χ1) is 28.5. The van der Waals surface area contributed by atoms with Crippen molar-refractivity contribution in [1.29, 1.82) is 0 Å². The molecule has 12 nitrogen and oxygen atoms in total. The van der Waals surface area contributed by atoms with Crippen molar-refractivity contribution in [3.8, 4) is 0 Å². The smallest absolute Gasteiger partial charge is 0.462 e. The Kier molecular flexibility index (Phi) is 38.5. The number of unbranched alkanes of at least 4 members (excludes halogenated alkanes) is 9. The maximum Gasteiger partial charge on any atom is 0.472 e. The molecule has 0 saturated carbocycles. The van der Waals surface area contributed by atoms with Gasteiger partial charge in [0.1, 0.15) is 12.7 Å². The molecular weight excluding hydrogens is 775 g/mol. The van der Waals surface area contributed by atoms with Crippen LogP contribution in [-0.2, 0) is 32.7 Å². The van der Waals surface area contributed by atoms with Crippen LogP contribution in [0.3, 0.4) is 0 Å². The summed E-state index contributed by atoms with van der Waals surface area (Å²) < 4.78 is 32.5. The van der Waals surface area contributed by atoms with Crippen LogP contribution in [0.4, 0.5) is 0 Å². The molecule has 0 heterocycles. The molecule has 13 heteroatoms. The average Bonchev–Trinajstić information content (AvgIpc) is 3.21. The Labute approximate surface area is 355 Å². The Bertz CT molecular complexity index is 1290. The molecule has 1 unspecified atom stereocenters. The van der Waals surface area contributed by atoms with E-state index < -0.39 is 70.6 Å². The monoisotopic (exact) mass is 853 g/mol. The first-order valence-corrected chi connectivity index (χ1v) is 23.3. The van der Waals surface area contributed by atoms with Crippen molar-refractivity contribution < 1.29 is 58.0 Å². The second-order valence-electron chi connectivity index (χ2n) is 14.4. The lowest BCUT2D eigenvalue weighted by atomic mass is 10.1. The molecular formula is C46H77O12P. The Morgan fingerprint density at radius 2 is 1.08 bits per heavy atom. The van der Waals surface area contributed by atoms with Gasteiger partial charge in [0.25, 0.3) is 0 Å². The SMILES string of the molecule is CCCCCCCC/C=C\C/C=C\C/C=C\CCCC(=O)O[C@H](COC(=O)CCC[C@@H](O)/C=C/C=C\C/C=C\C=C\[C@@H](O)CCCCC)COP(=O)(O)OC[C@@H](O)CO. The van der Waals surface area contributed by atoms with Crippen LogP contribution in [0.5, 0.6) is 0 Å². The molecule has 0 aromatic rings. The maximum atomic E-state index is 12.6. The molecule has 0 fully saturated rings. The minimum atomic E-state index is -4.69. The van der Waals surface area contributed by atoms with Crippen molar-refractivity contribution in [1.82, 2.24) is 0 Å². The van der Waals surface area contributed by atoms with Crippen LogP contribution in [0.1, 0.15) is 142 Å². The van der Waals surface area contributed by atoms with E-state index in [4.69, 9.17) is 19.1 Å². The molecule has 0 rings (SSSR count). The van der Waals surface area contributed by atoms with E-state index in [0.29, 0.717) is 32.1 Å². The highest BCUT2D eigenvalue weighted by atomic mass is 31.2. The molecule has 0 saturated heterocycles. The lowest BCUT2D eigenvalue weighted by Gasteiger charge is -2.20. The van der Waals surface area contributed by atoms with Gasteiger partial charge in [0.05, 0.1) is 32.0 Å². The Morgan fingerprint density at radius 1 is 0.576 bits per heavy atom. The average molecular weight is 853 g/mol. The number of esters is 2. The number of phosphoric acid groups is 1. The molecule has 0 aliphatic rings. The molecule has 0 aromatic heterocycles. The Hall–Kier alpha value is -2.93. The fourth-order valence-corrected chi connectivity index (χ4v) is 6.07. The predicted octanol–water partition coefficient (Wildman–Crippen LogP) is 9.39. The second-order valence-corrected chi connectivity index (χ2v) is 15.9. The van der Waals surface area contributed by atoms with Crippen molar-refractivity contribution in [2.45, 2.75) is 167 Å². The molecule has 0 spiro atoms. The first-order valence-electron chi connectivity index (χ1n) is 21.8. The fourth-order valence-electron chi connectivity index (χ4n) is 5.28. The van der Waals surface area contributed by atoms with E-state index >= 15 is 0 Å². The Morgan fingerprint density at radius 3 is 1.71 bits per heavy atom. The van der Waals surface area contributed by atoms with Gasteiger partial charge in [-0.3, -0.25) is 18.6 Å². The zero-order valence-electron chi connectivity index (χ0n) is 35.9. The van der Waals surface area contributed by atoms with E-state index in [1.807, 2.05) is 42.5 Å². The van der Waals surface area contributed by atoms with Crippen molar-refractivity contribution >= 4 is 19.8 Å². The Balaban J connectivity index is 4.63. The number of ether oxygens (including phenoxy) is 2. The summed E-state index contributed by atoms with van der Waals surface area (Å²) in [7, 11) is -4.69. The van der Waals surface area contributed by atoms with Crippen LogP contribution in [0.25, 0.3) is 0 Å². The first kappa shape index (κ1) is 56.1. The number of aliphatic hydroxyl groups excluding tert-OH is 4. The lowest BCUT2D eigenvalue weighted by Crippen LogP contribution is -2.29. The molecule has 5 atom stereocenters. The molecule has 0 amide bonds. The van der Waals surface area contributed by atoms with Gasteiger partial charge >= 0.3 is 19.8 Å². The van der Waals surface area contributed by atoms with E-state index in [2.05, 4.69) is 42.7 Å². The highest BCUT2D eigenvalue weighted by molar-refractivity contribution is 7.47. The van der Waals surface area contributed by atoms with Gasteiger partial charge in [0.2, 0.25) is 0 Å². The molecule has 5 N–H and O–H groups in total. The quantitative estimate of drug-likeness (QED) is 0.0130. The molecule has 0 aliphatic carbocycles. The van der Waals surface area contributed by atoms with E-state index in [-0.39, 0.29) is 12.8 Å². The number of phosphoric ester groups is 1. The zero-order valence-corrected chi connectivity index (χ0v) is 36.8. The highest BCUT2D eigenvalue weighted by Gasteiger charge is 2.27. The van der Waals surface area contributed by atoms with Gasteiger partial charge in [-0.1, -0.05) is 150 Å². The number of carbonyl (C=O) groups excluding carboxylic acids is 2. The molecule has 0 aliphatic heterocycles. The second kappa shape index (κ2) is 40.5. The van der Waals surface area contributed by atoms with Crippen molar-refractivity contribution in [2.24, 2.45) is 0 Å².